The number of nitrogens with one attached hydrogen (secondary N) is 1. The molecule has 10 heteroatoms. The highest BCUT2D eigenvalue weighted by Gasteiger charge is 2.23. The highest BCUT2D eigenvalue weighted by molar-refractivity contribution is 7.99. The van der Waals surface area contributed by atoms with Crippen molar-refractivity contribution >= 4 is 45.4 Å². The molecule has 1 aliphatic rings. The third-order valence-corrected chi connectivity index (χ3v) is 7.61. The zero-order valence-electron chi connectivity index (χ0n) is 18.6. The summed E-state index contributed by atoms with van der Waals surface area (Å²) in [7, 11) is 0. The number of carbonyl (C=O) groups excluding carboxylic acids is 2. The number of hydrogen-bond donors (Lipinski definition) is 2. The van der Waals surface area contributed by atoms with E-state index in [9.17, 15) is 14.4 Å². The van der Waals surface area contributed by atoms with Crippen LogP contribution in [0, 0.1) is 13.8 Å². The Hall–Kier alpha value is -2.85. The van der Waals surface area contributed by atoms with Gasteiger partial charge in [-0.2, -0.15) is 0 Å². The second-order valence-electron chi connectivity index (χ2n) is 8.10. The van der Waals surface area contributed by atoms with Gasteiger partial charge in [-0.25, -0.2) is 19.9 Å². The van der Waals surface area contributed by atoms with Gasteiger partial charge in [0.05, 0.1) is 17.7 Å². The molecule has 33 heavy (non-hydrogen) atoms. The average molecular weight is 487 g/mol. The highest BCUT2D eigenvalue weighted by Crippen LogP contribution is 2.35. The number of thioether (sulfide) groups is 1. The number of urea groups is 1. The van der Waals surface area contributed by atoms with Crippen LogP contribution in [0.25, 0.3) is 15.9 Å². The van der Waals surface area contributed by atoms with Crippen molar-refractivity contribution in [1.82, 2.24) is 14.9 Å². The predicted molar refractivity (Wildman–Crippen MR) is 131 cm³/mol. The number of thiophene rings is 1. The summed E-state index contributed by atoms with van der Waals surface area (Å²) in [5, 5.41) is 3.24. The number of hydrogen-bond acceptors (Lipinski definition) is 7. The molecule has 0 unspecified atom stereocenters. The Morgan fingerprint density at radius 2 is 1.94 bits per heavy atom. The summed E-state index contributed by atoms with van der Waals surface area (Å²) in [6, 6.07) is 5.13. The fraction of sp³-hybridized carbons (Fsp3) is 0.391. The number of aromatic nitrogens is 2. The molecule has 3 N–H and O–H groups in total. The molecule has 4 rings (SSSR count). The van der Waals surface area contributed by atoms with Gasteiger partial charge in [0.25, 0.3) is 5.56 Å². The van der Waals surface area contributed by atoms with Crippen LogP contribution in [0.5, 0.6) is 0 Å². The van der Waals surface area contributed by atoms with Gasteiger partial charge in [-0.15, -0.1) is 11.3 Å². The van der Waals surface area contributed by atoms with E-state index in [1.807, 2.05) is 31.3 Å². The van der Waals surface area contributed by atoms with E-state index in [1.165, 1.54) is 22.2 Å². The maximum atomic E-state index is 13.8. The van der Waals surface area contributed by atoms with Crippen LogP contribution < -0.4 is 16.6 Å². The van der Waals surface area contributed by atoms with E-state index in [-0.39, 0.29) is 12.2 Å². The quantitative estimate of drug-likeness (QED) is 0.306. The number of carbonyl (C=O) groups is 2. The summed E-state index contributed by atoms with van der Waals surface area (Å²) in [4.78, 5) is 42.8. The minimum Gasteiger partial charge on any atom is -0.449 e. The SMILES string of the molecule is Cc1cc(C)cc(-n2c(SCCCOC(=O)NC(N)=O)nc3sc4c(c3c2=O)CCCC4)c1. The van der Waals surface area contributed by atoms with Crippen LogP contribution in [0.3, 0.4) is 0 Å². The summed E-state index contributed by atoms with van der Waals surface area (Å²) in [6.07, 6.45) is 3.84. The Morgan fingerprint density at radius 1 is 1.21 bits per heavy atom. The largest absolute Gasteiger partial charge is 0.449 e. The first-order chi connectivity index (χ1) is 15.8. The number of fused-ring (bicyclic) bond motifs is 3. The molecule has 0 bridgehead atoms. The molecule has 0 fully saturated rings. The van der Waals surface area contributed by atoms with Gasteiger partial charge in [0.15, 0.2) is 5.16 Å². The van der Waals surface area contributed by atoms with Gasteiger partial charge < -0.3 is 10.5 Å². The summed E-state index contributed by atoms with van der Waals surface area (Å²) in [6.45, 7) is 4.15. The number of benzene rings is 1. The van der Waals surface area contributed by atoms with Gasteiger partial charge in [-0.1, -0.05) is 17.8 Å². The zero-order valence-corrected chi connectivity index (χ0v) is 20.2. The second-order valence-corrected chi connectivity index (χ2v) is 10.2. The number of imide groups is 1. The van der Waals surface area contributed by atoms with Gasteiger partial charge in [0.1, 0.15) is 4.83 Å². The number of amides is 3. The molecule has 2 aromatic heterocycles. The molecule has 0 aliphatic heterocycles. The van der Waals surface area contributed by atoms with Crippen LogP contribution in [-0.2, 0) is 17.6 Å². The Kier molecular flexibility index (Phi) is 7.04. The van der Waals surface area contributed by atoms with Crippen LogP contribution >= 0.6 is 23.1 Å². The predicted octanol–water partition coefficient (Wildman–Crippen LogP) is 4.23. The molecule has 0 saturated carbocycles. The van der Waals surface area contributed by atoms with Crippen molar-refractivity contribution in [2.24, 2.45) is 5.73 Å². The molecule has 1 aromatic carbocycles. The lowest BCUT2D eigenvalue weighted by atomic mass is 9.97. The summed E-state index contributed by atoms with van der Waals surface area (Å²) in [5.41, 5.74) is 9.00. The topological polar surface area (TPSA) is 116 Å². The Balaban J connectivity index is 1.65. The molecule has 3 amide bonds. The standard InChI is InChI=1S/C23H26N4O4S2/c1-13-10-14(2)12-15(11-13)27-20(28)18-16-6-3-4-7-17(16)33-19(18)25-22(27)32-9-5-8-31-23(30)26-21(24)29/h10-12H,3-9H2,1-2H3,(H3,24,26,29,30). The van der Waals surface area contributed by atoms with Crippen molar-refractivity contribution in [2.45, 2.75) is 51.1 Å². The maximum Gasteiger partial charge on any atom is 0.415 e. The van der Waals surface area contributed by atoms with Crippen LogP contribution in [0.2, 0.25) is 0 Å². The number of nitrogens with two attached hydrogens (primary N) is 1. The first-order valence-electron chi connectivity index (χ1n) is 10.9. The normalized spacial score (nSPS) is 13.0. The summed E-state index contributed by atoms with van der Waals surface area (Å²) in [5.74, 6) is 0.581. The zero-order chi connectivity index (χ0) is 23.5. The van der Waals surface area contributed by atoms with Gasteiger partial charge in [0.2, 0.25) is 0 Å². The third-order valence-electron chi connectivity index (χ3n) is 5.40. The van der Waals surface area contributed by atoms with Crippen molar-refractivity contribution in [3.8, 4) is 5.69 Å². The van der Waals surface area contributed by atoms with Crippen molar-refractivity contribution in [1.29, 1.82) is 0 Å². The van der Waals surface area contributed by atoms with Crippen LogP contribution in [0.1, 0.15) is 40.8 Å². The minimum atomic E-state index is -0.956. The van der Waals surface area contributed by atoms with Crippen molar-refractivity contribution in [3.05, 3.63) is 50.1 Å². The number of primary amides is 1. The van der Waals surface area contributed by atoms with Crippen LogP contribution in [0.15, 0.2) is 28.2 Å². The molecule has 2 heterocycles. The second kappa shape index (κ2) is 9.96. The van der Waals surface area contributed by atoms with Gasteiger partial charge in [0, 0.05) is 10.6 Å². The number of nitrogens with zero attached hydrogens (tertiary/aromatic N) is 2. The van der Waals surface area contributed by atoms with Crippen LogP contribution in [-0.4, -0.2) is 34.0 Å². The van der Waals surface area contributed by atoms with E-state index in [2.05, 4.69) is 6.07 Å². The van der Waals surface area contributed by atoms with E-state index in [4.69, 9.17) is 15.5 Å². The number of alkyl carbamates (subject to hydrolysis) is 1. The monoisotopic (exact) mass is 486 g/mol. The summed E-state index contributed by atoms with van der Waals surface area (Å²) < 4.78 is 6.65. The lowest BCUT2D eigenvalue weighted by molar-refractivity contribution is 0.148. The molecular formula is C23H26N4O4S2. The molecule has 174 valence electrons. The Morgan fingerprint density at radius 3 is 2.67 bits per heavy atom. The molecule has 1 aliphatic carbocycles. The molecule has 3 aromatic rings. The fourth-order valence-corrected chi connectivity index (χ4v) is 6.34. The fourth-order valence-electron chi connectivity index (χ4n) is 4.11. The van der Waals surface area contributed by atoms with E-state index >= 15 is 0 Å². The van der Waals surface area contributed by atoms with Gasteiger partial charge >= 0.3 is 12.1 Å². The molecule has 0 spiro atoms. The van der Waals surface area contributed by atoms with Crippen molar-refractivity contribution < 1.29 is 14.3 Å². The number of rotatable bonds is 6. The molecule has 0 radical (unpaired) electrons. The minimum absolute atomic E-state index is 0.0241. The average Bonchev–Trinajstić information content (AvgIpc) is 3.11. The van der Waals surface area contributed by atoms with Crippen LogP contribution in [0.4, 0.5) is 9.59 Å². The van der Waals surface area contributed by atoms with Crippen molar-refractivity contribution in [3.63, 3.8) is 0 Å². The first kappa shape index (κ1) is 23.3. The first-order valence-corrected chi connectivity index (χ1v) is 12.7. The van der Waals surface area contributed by atoms with E-state index in [0.29, 0.717) is 17.3 Å². The lowest BCUT2D eigenvalue weighted by Crippen LogP contribution is -2.35. The highest BCUT2D eigenvalue weighted by atomic mass is 32.2. The Bertz CT molecular complexity index is 1260. The molecule has 0 atom stereocenters. The number of ether oxygens (including phenoxy) is 1. The third kappa shape index (κ3) is 5.22. The Labute approximate surface area is 199 Å². The smallest absolute Gasteiger partial charge is 0.415 e. The molecule has 0 saturated heterocycles. The lowest BCUT2D eigenvalue weighted by Gasteiger charge is -2.15. The van der Waals surface area contributed by atoms with E-state index < -0.39 is 12.1 Å². The molecular weight excluding hydrogens is 460 g/mol. The van der Waals surface area contributed by atoms with Gasteiger partial charge in [-0.05, 0) is 74.8 Å². The van der Waals surface area contributed by atoms with E-state index in [1.54, 1.807) is 15.9 Å². The maximum absolute atomic E-state index is 13.8. The summed E-state index contributed by atoms with van der Waals surface area (Å²) >= 11 is 3.08. The molecule has 8 nitrogen and oxygen atoms in total. The van der Waals surface area contributed by atoms with E-state index in [0.717, 1.165) is 52.7 Å². The van der Waals surface area contributed by atoms with Gasteiger partial charge in [-0.3, -0.25) is 9.36 Å². The number of aryl methyl sites for hydroxylation is 4. The van der Waals surface area contributed by atoms with Crippen molar-refractivity contribution in [2.75, 3.05) is 12.4 Å².